The quantitative estimate of drug-likeness (QED) is 0.111. The van der Waals surface area contributed by atoms with Crippen LogP contribution < -0.4 is 15.1 Å². The highest BCUT2D eigenvalue weighted by Gasteiger charge is 2.46. The molecule has 1 unspecified atom stereocenters. The van der Waals surface area contributed by atoms with Crippen LogP contribution in [0.5, 0.6) is 0 Å². The van der Waals surface area contributed by atoms with E-state index >= 15 is 0 Å². The van der Waals surface area contributed by atoms with E-state index in [-0.39, 0.29) is 24.0 Å². The normalized spacial score (nSPS) is 18.4. The van der Waals surface area contributed by atoms with Crippen LogP contribution in [0.3, 0.4) is 0 Å². The van der Waals surface area contributed by atoms with Gasteiger partial charge in [0.2, 0.25) is 11.8 Å². The van der Waals surface area contributed by atoms with Crippen LogP contribution in [-0.4, -0.2) is 86.4 Å². The lowest BCUT2D eigenvalue weighted by Gasteiger charge is -2.37. The zero-order chi connectivity index (χ0) is 40.2. The van der Waals surface area contributed by atoms with Gasteiger partial charge in [-0.05, 0) is 90.0 Å². The van der Waals surface area contributed by atoms with E-state index in [1.165, 1.54) is 0 Å². The molecule has 4 amide bonds. The van der Waals surface area contributed by atoms with Gasteiger partial charge in [-0.25, -0.2) is 4.68 Å². The van der Waals surface area contributed by atoms with Crippen LogP contribution in [0.25, 0.3) is 39.2 Å². The molecule has 2 aromatic heterocycles. The summed E-state index contributed by atoms with van der Waals surface area (Å²) in [6.45, 7) is 2.81. The number of carbonyl (C=O) groups is 4. The summed E-state index contributed by atoms with van der Waals surface area (Å²) in [5.41, 5.74) is 11.5. The number of aryl methyl sites for hydroxylation is 1. The fourth-order valence-corrected chi connectivity index (χ4v) is 8.83. The van der Waals surface area contributed by atoms with Crippen LogP contribution in [0, 0.1) is 0 Å². The molecule has 6 aromatic rings. The van der Waals surface area contributed by atoms with Gasteiger partial charge in [0.05, 0.1) is 22.5 Å². The van der Waals surface area contributed by atoms with Crippen molar-refractivity contribution in [2.24, 2.45) is 5.16 Å². The van der Waals surface area contributed by atoms with Gasteiger partial charge in [0, 0.05) is 79.3 Å². The number of carbonyl (C=O) groups excluding carboxylic acids is 4. The van der Waals surface area contributed by atoms with Crippen LogP contribution in [0.15, 0.2) is 121 Å². The average molecular weight is 783 g/mol. The van der Waals surface area contributed by atoms with Crippen molar-refractivity contribution < 1.29 is 24.4 Å². The molecule has 0 spiro atoms. The molecule has 3 aliphatic heterocycles. The predicted octanol–water partition coefficient (Wildman–Crippen LogP) is 6.12. The van der Waals surface area contributed by atoms with E-state index in [2.05, 4.69) is 67.9 Å². The molecule has 4 aromatic carbocycles. The second-order valence-corrected chi connectivity index (χ2v) is 15.2. The van der Waals surface area contributed by atoms with Crippen molar-refractivity contribution in [1.29, 1.82) is 0 Å². The lowest BCUT2D eigenvalue weighted by molar-refractivity contribution is -0.136. The lowest BCUT2D eigenvalue weighted by Crippen LogP contribution is -2.54. The molecule has 2 N–H and O–H groups in total. The Bertz CT molecular complexity index is 2700. The molecule has 0 saturated carbocycles. The minimum Gasteiger partial charge on any atom is -0.411 e. The van der Waals surface area contributed by atoms with Gasteiger partial charge in [0.25, 0.3) is 11.8 Å². The van der Waals surface area contributed by atoms with E-state index in [0.29, 0.717) is 30.8 Å². The number of piperazine rings is 1. The second kappa shape index (κ2) is 14.5. The minimum absolute atomic E-state index is 0.0607. The number of aromatic nitrogens is 3. The first-order chi connectivity index (χ1) is 28.8. The molecule has 0 bridgehead atoms. The molecule has 0 radical (unpaired) electrons. The molecule has 13 nitrogen and oxygen atoms in total. The molecule has 292 valence electrons. The maximum atomic E-state index is 13.9. The highest BCUT2D eigenvalue weighted by Crippen LogP contribution is 2.39. The van der Waals surface area contributed by atoms with Gasteiger partial charge in [-0.15, -0.1) is 0 Å². The Morgan fingerprint density at radius 1 is 0.644 bits per heavy atom. The number of nitrogens with one attached hydrogen (secondary N) is 1. The van der Waals surface area contributed by atoms with Crippen molar-refractivity contribution in [2.45, 2.75) is 31.7 Å². The Morgan fingerprint density at radius 3 is 2.08 bits per heavy atom. The summed E-state index contributed by atoms with van der Waals surface area (Å²) in [6, 6.07) is 30.8. The first kappa shape index (κ1) is 36.0. The molecule has 59 heavy (non-hydrogen) atoms. The number of rotatable bonds is 7. The van der Waals surface area contributed by atoms with Crippen molar-refractivity contribution in [3.05, 3.63) is 138 Å². The standard InChI is InChI=1S/C46H38N8O5/c55-41-15-14-40(44(56)48-41)54-45(57)37-26-34(25-36(42(37)46(54)58)28-4-2-1-3-5-28)52-22-20-51(21-23-52)32-8-10-33(11-9-32)53-27-38(43(49-53)29-16-18-47-19-17-29)31-6-12-35-30(24-31)7-13-39(35)50-59/h1-6,8-12,16-19,24-27,40,59H,7,13-15,20-23H2,(H,48,55,56)/b50-39+. The molecule has 4 aliphatic rings. The Hall–Kier alpha value is -7.41. The third-order valence-corrected chi connectivity index (χ3v) is 11.9. The Kier molecular flexibility index (Phi) is 8.85. The Morgan fingerprint density at radius 2 is 1.36 bits per heavy atom. The number of piperidine rings is 1. The van der Waals surface area contributed by atoms with Crippen molar-refractivity contribution in [1.82, 2.24) is 25.0 Å². The molecular formula is C46H38N8O5. The van der Waals surface area contributed by atoms with Crippen molar-refractivity contribution in [3.8, 4) is 39.2 Å². The smallest absolute Gasteiger partial charge is 0.262 e. The highest BCUT2D eigenvalue weighted by molar-refractivity contribution is 6.26. The summed E-state index contributed by atoms with van der Waals surface area (Å²) in [5.74, 6) is -2.08. The summed E-state index contributed by atoms with van der Waals surface area (Å²) in [4.78, 5) is 62.3. The van der Waals surface area contributed by atoms with Crippen LogP contribution in [0.1, 0.15) is 51.1 Å². The van der Waals surface area contributed by atoms with Crippen molar-refractivity contribution in [3.63, 3.8) is 0 Å². The fraction of sp³-hybridized carbons (Fsp3) is 0.196. The maximum Gasteiger partial charge on any atom is 0.262 e. The average Bonchev–Trinajstić information content (AvgIpc) is 3.98. The molecule has 10 rings (SSSR count). The first-order valence-corrected chi connectivity index (χ1v) is 19.7. The zero-order valence-corrected chi connectivity index (χ0v) is 31.9. The summed E-state index contributed by atoms with van der Waals surface area (Å²) in [6.07, 6.45) is 7.29. The van der Waals surface area contributed by atoms with E-state index < -0.39 is 29.7 Å². The van der Waals surface area contributed by atoms with Gasteiger partial charge in [-0.1, -0.05) is 53.7 Å². The van der Waals surface area contributed by atoms with Gasteiger partial charge in [-0.3, -0.25) is 34.4 Å². The number of hydrogen-bond donors (Lipinski definition) is 2. The Labute approximate surface area is 339 Å². The van der Waals surface area contributed by atoms with E-state index in [0.717, 1.165) is 80.5 Å². The van der Waals surface area contributed by atoms with Gasteiger partial charge < -0.3 is 15.0 Å². The van der Waals surface area contributed by atoms with Crippen LogP contribution >= 0.6 is 0 Å². The fourth-order valence-electron chi connectivity index (χ4n) is 8.83. The lowest BCUT2D eigenvalue weighted by atomic mass is 9.95. The molecule has 13 heteroatoms. The number of oxime groups is 1. The summed E-state index contributed by atoms with van der Waals surface area (Å²) >= 11 is 0. The summed E-state index contributed by atoms with van der Waals surface area (Å²) in [7, 11) is 0. The van der Waals surface area contributed by atoms with Gasteiger partial charge in [0.15, 0.2) is 0 Å². The molecule has 2 saturated heterocycles. The van der Waals surface area contributed by atoms with Crippen molar-refractivity contribution in [2.75, 3.05) is 36.0 Å². The number of nitrogens with zero attached hydrogens (tertiary/aromatic N) is 7. The largest absolute Gasteiger partial charge is 0.411 e. The molecular weight excluding hydrogens is 745 g/mol. The second-order valence-electron chi connectivity index (χ2n) is 15.2. The predicted molar refractivity (Wildman–Crippen MR) is 222 cm³/mol. The van der Waals surface area contributed by atoms with Gasteiger partial charge in [-0.2, -0.15) is 5.10 Å². The van der Waals surface area contributed by atoms with Crippen LogP contribution in [-0.2, 0) is 16.0 Å². The van der Waals surface area contributed by atoms with Crippen LogP contribution in [0.4, 0.5) is 11.4 Å². The molecule has 1 aliphatic carbocycles. The Balaban J connectivity index is 0.894. The monoisotopic (exact) mass is 782 g/mol. The summed E-state index contributed by atoms with van der Waals surface area (Å²) in [5, 5.41) is 20.3. The highest BCUT2D eigenvalue weighted by atomic mass is 16.4. The van der Waals surface area contributed by atoms with E-state index in [9.17, 15) is 24.4 Å². The first-order valence-electron chi connectivity index (χ1n) is 19.7. The number of fused-ring (bicyclic) bond motifs is 2. The topological polar surface area (TPSA) is 153 Å². The van der Waals surface area contributed by atoms with E-state index in [1.54, 1.807) is 18.5 Å². The van der Waals surface area contributed by atoms with E-state index in [1.807, 2.05) is 59.3 Å². The number of imide groups is 2. The third kappa shape index (κ3) is 6.31. The van der Waals surface area contributed by atoms with Crippen LogP contribution in [0.2, 0.25) is 0 Å². The molecule has 1 atom stereocenters. The number of hydrogen-bond acceptors (Lipinski definition) is 10. The van der Waals surface area contributed by atoms with E-state index in [4.69, 9.17) is 5.10 Å². The minimum atomic E-state index is -1.04. The zero-order valence-electron chi connectivity index (χ0n) is 31.9. The third-order valence-electron chi connectivity index (χ3n) is 11.9. The van der Waals surface area contributed by atoms with Gasteiger partial charge in [0.1, 0.15) is 11.7 Å². The number of amides is 4. The number of benzene rings is 4. The molecule has 5 heterocycles. The number of anilines is 2. The van der Waals surface area contributed by atoms with Crippen molar-refractivity contribution >= 4 is 40.7 Å². The SMILES string of the molecule is O=C1CCC(N2C(=O)c3cc(N4CCN(c5ccc(-n6cc(-c7ccc8c(c7)CC/C8=N\O)c(-c7ccncc7)n6)cc5)CC4)cc(-c4ccccc4)c3C2=O)C(=O)N1. The number of pyridine rings is 1. The maximum absolute atomic E-state index is 13.9. The summed E-state index contributed by atoms with van der Waals surface area (Å²) < 4.78 is 1.91. The van der Waals surface area contributed by atoms with Gasteiger partial charge >= 0.3 is 0 Å². The molecule has 2 fully saturated rings.